The van der Waals surface area contributed by atoms with Gasteiger partial charge in [0.2, 0.25) is 0 Å². The highest BCUT2D eigenvalue weighted by Gasteiger charge is 2.33. The molecule has 0 aliphatic carbocycles. The lowest BCUT2D eigenvalue weighted by atomic mass is 10.0. The predicted octanol–water partition coefficient (Wildman–Crippen LogP) is 7.44. The van der Waals surface area contributed by atoms with Crippen molar-refractivity contribution >= 4 is 45.2 Å². The molecule has 254 valence electrons. The van der Waals surface area contributed by atoms with Gasteiger partial charge in [-0.2, -0.15) is 0 Å². The normalized spacial score (nSPS) is 21.0. The molecule has 3 aromatic heterocycles. The smallest absolute Gasteiger partial charge is 0.302 e. The van der Waals surface area contributed by atoms with Crippen molar-refractivity contribution < 1.29 is 28.5 Å². The van der Waals surface area contributed by atoms with E-state index in [4.69, 9.17) is 28.9 Å². The Morgan fingerprint density at radius 3 is 2.35 bits per heavy atom. The van der Waals surface area contributed by atoms with Gasteiger partial charge in [0, 0.05) is 71.6 Å². The molecule has 0 amide bonds. The summed E-state index contributed by atoms with van der Waals surface area (Å²) in [6.45, 7) is 15.9. The lowest BCUT2D eigenvalue weighted by Crippen LogP contribution is -2.41. The number of carbonyl (C=O) groups excluding carboxylic acids is 2. The Hall–Kier alpha value is -4.28. The van der Waals surface area contributed by atoms with E-state index in [0.29, 0.717) is 12.8 Å². The van der Waals surface area contributed by atoms with E-state index in [-0.39, 0.29) is 25.1 Å². The lowest BCUT2D eigenvalue weighted by Gasteiger charge is -2.34. The molecule has 1 fully saturated rings. The van der Waals surface area contributed by atoms with Crippen LogP contribution in [0.15, 0.2) is 24.3 Å². The summed E-state index contributed by atoms with van der Waals surface area (Å²) in [6.07, 6.45) is 1.02. The molecule has 10 heteroatoms. The Labute approximate surface area is 281 Å². The second-order valence-corrected chi connectivity index (χ2v) is 13.3. The largest absolute Gasteiger partial charge is 0.463 e. The number of esters is 2. The fourth-order valence-corrected chi connectivity index (χ4v) is 6.95. The molecule has 2 N–H and O–H groups in total. The third kappa shape index (κ3) is 6.96. The summed E-state index contributed by atoms with van der Waals surface area (Å²) in [6, 6.07) is 8.63. The molecule has 6 heterocycles. The van der Waals surface area contributed by atoms with Gasteiger partial charge >= 0.3 is 11.9 Å². The van der Waals surface area contributed by atoms with Gasteiger partial charge in [-0.1, -0.05) is 13.8 Å². The molecule has 3 aliphatic rings. The zero-order valence-electron chi connectivity index (χ0n) is 29.2. The van der Waals surface area contributed by atoms with Crippen LogP contribution in [-0.4, -0.2) is 57.0 Å². The van der Waals surface area contributed by atoms with Gasteiger partial charge in [0.1, 0.15) is 12.7 Å². The van der Waals surface area contributed by atoms with E-state index in [9.17, 15) is 9.59 Å². The number of fused-ring (bicyclic) bond motifs is 8. The van der Waals surface area contributed by atoms with Crippen LogP contribution in [0.3, 0.4) is 0 Å². The SMILES string of the molecule is CCC1=C(C)c2cc3[nH]c(cc4nc(c(C)c5cc(C)c(cc1n2)[nH]5)CC4C)c(C)c3COC1CC(OC(C)=O)CC(COC(C)=O)O1. The van der Waals surface area contributed by atoms with Crippen molar-refractivity contribution in [2.24, 2.45) is 0 Å². The van der Waals surface area contributed by atoms with Crippen molar-refractivity contribution in [3.63, 3.8) is 0 Å². The Morgan fingerprint density at radius 1 is 0.896 bits per heavy atom. The molecule has 3 aliphatic heterocycles. The maximum Gasteiger partial charge on any atom is 0.302 e. The molecule has 0 spiro atoms. The van der Waals surface area contributed by atoms with Crippen molar-refractivity contribution in [2.45, 2.75) is 112 Å². The van der Waals surface area contributed by atoms with Gasteiger partial charge in [-0.25, -0.2) is 4.98 Å². The van der Waals surface area contributed by atoms with E-state index < -0.39 is 24.5 Å². The summed E-state index contributed by atoms with van der Waals surface area (Å²) in [7, 11) is 0. The van der Waals surface area contributed by atoms with Gasteiger partial charge in [0.05, 0.1) is 24.1 Å². The van der Waals surface area contributed by atoms with Crippen molar-refractivity contribution in [1.29, 1.82) is 0 Å². The summed E-state index contributed by atoms with van der Waals surface area (Å²) in [4.78, 5) is 40.9. The first-order chi connectivity index (χ1) is 22.9. The molecule has 0 aromatic carbocycles. The molecular formula is C38H46N4O6. The quantitative estimate of drug-likeness (QED) is 0.252. The number of ether oxygens (including phenoxy) is 4. The van der Waals surface area contributed by atoms with Gasteiger partial charge in [0.15, 0.2) is 6.29 Å². The van der Waals surface area contributed by atoms with Crippen LogP contribution >= 0.6 is 0 Å². The van der Waals surface area contributed by atoms with E-state index in [0.717, 1.165) is 79.9 Å². The van der Waals surface area contributed by atoms with Crippen LogP contribution in [0.5, 0.6) is 0 Å². The molecule has 48 heavy (non-hydrogen) atoms. The Bertz CT molecular complexity index is 1950. The number of H-pyrrole nitrogens is 2. The number of aryl methyl sites for hydroxylation is 3. The van der Waals surface area contributed by atoms with E-state index in [2.05, 4.69) is 75.8 Å². The minimum absolute atomic E-state index is 0.0642. The number of nitrogens with one attached hydrogen (secondary N) is 2. The first kappa shape index (κ1) is 33.6. The van der Waals surface area contributed by atoms with Crippen LogP contribution in [0.4, 0.5) is 0 Å². The summed E-state index contributed by atoms with van der Waals surface area (Å²) >= 11 is 0. The van der Waals surface area contributed by atoms with Crippen molar-refractivity contribution in [3.05, 3.63) is 69.3 Å². The maximum absolute atomic E-state index is 11.8. The molecule has 4 unspecified atom stereocenters. The maximum atomic E-state index is 11.8. The van der Waals surface area contributed by atoms with Gasteiger partial charge in [-0.15, -0.1) is 0 Å². The lowest BCUT2D eigenvalue weighted by molar-refractivity contribution is -0.233. The van der Waals surface area contributed by atoms with Gasteiger partial charge in [-0.05, 0) is 92.6 Å². The van der Waals surface area contributed by atoms with Crippen LogP contribution in [0, 0.1) is 20.8 Å². The molecule has 0 radical (unpaired) electrons. The number of hydrogen-bond acceptors (Lipinski definition) is 8. The summed E-state index contributed by atoms with van der Waals surface area (Å²) in [5, 5.41) is 0. The first-order valence-corrected chi connectivity index (χ1v) is 16.9. The Morgan fingerprint density at radius 2 is 1.62 bits per heavy atom. The Balaban J connectivity index is 1.47. The van der Waals surface area contributed by atoms with Crippen LogP contribution in [0.1, 0.15) is 105 Å². The average molecular weight is 655 g/mol. The highest BCUT2D eigenvalue weighted by atomic mass is 16.7. The number of rotatable bonds is 7. The van der Waals surface area contributed by atoms with Crippen LogP contribution < -0.4 is 0 Å². The zero-order valence-corrected chi connectivity index (χ0v) is 29.2. The van der Waals surface area contributed by atoms with Gasteiger partial charge < -0.3 is 28.9 Å². The van der Waals surface area contributed by atoms with Crippen molar-refractivity contribution in [1.82, 2.24) is 19.9 Å². The summed E-state index contributed by atoms with van der Waals surface area (Å²) in [5.74, 6) is -0.501. The fourth-order valence-electron chi connectivity index (χ4n) is 6.95. The average Bonchev–Trinajstić information content (AvgIpc) is 3.74. The molecule has 4 atom stereocenters. The third-order valence-electron chi connectivity index (χ3n) is 9.75. The fraction of sp³-hybridized carbons (Fsp3) is 0.474. The van der Waals surface area contributed by atoms with E-state index >= 15 is 0 Å². The zero-order chi connectivity index (χ0) is 34.3. The van der Waals surface area contributed by atoms with Crippen molar-refractivity contribution in [2.75, 3.05) is 6.61 Å². The third-order valence-corrected chi connectivity index (χ3v) is 9.75. The Kier molecular flexibility index (Phi) is 9.58. The molecule has 0 saturated carbocycles. The van der Waals surface area contributed by atoms with E-state index in [1.807, 2.05) is 0 Å². The van der Waals surface area contributed by atoms with Crippen LogP contribution in [0.2, 0.25) is 0 Å². The number of aromatic amines is 2. The monoisotopic (exact) mass is 654 g/mol. The topological polar surface area (TPSA) is 128 Å². The number of nitrogens with zero attached hydrogens (tertiary/aromatic N) is 2. The van der Waals surface area contributed by atoms with Gasteiger partial charge in [-0.3, -0.25) is 14.6 Å². The summed E-state index contributed by atoms with van der Waals surface area (Å²) < 4.78 is 23.3. The van der Waals surface area contributed by atoms with Crippen LogP contribution in [0.25, 0.3) is 33.2 Å². The number of carbonyl (C=O) groups is 2. The summed E-state index contributed by atoms with van der Waals surface area (Å²) in [5.41, 5.74) is 14.7. The van der Waals surface area contributed by atoms with E-state index in [1.54, 1.807) is 0 Å². The highest BCUT2D eigenvalue weighted by molar-refractivity contribution is 5.92. The van der Waals surface area contributed by atoms with Crippen molar-refractivity contribution in [3.8, 4) is 0 Å². The predicted molar refractivity (Wildman–Crippen MR) is 185 cm³/mol. The number of allylic oxidation sites excluding steroid dienone is 2. The first-order valence-electron chi connectivity index (χ1n) is 16.9. The standard InChI is InChI=1S/C38H46N4O6/c1-9-28-21(4)35-16-37-29(18-46-38-13-26(47-25(8)44)12-27(48-38)17-45-24(7)43)22(5)34(42-37)14-30-19(2)10-32(39-30)23(6)33-11-20(3)31(40-33)15-36(28)41-35/h11,14-16,19,26-27,38,40,42H,9-10,12-13,17-18H2,1-8H3. The van der Waals surface area contributed by atoms with Crippen LogP contribution in [-0.2, 0) is 41.6 Å². The highest BCUT2D eigenvalue weighted by Crippen LogP contribution is 2.35. The number of aromatic nitrogens is 4. The second-order valence-electron chi connectivity index (χ2n) is 13.3. The number of hydrogen-bond donors (Lipinski definition) is 2. The second kappa shape index (κ2) is 13.7. The minimum atomic E-state index is -0.657. The molecule has 3 aromatic rings. The molecule has 6 rings (SSSR count). The molecule has 10 nitrogen and oxygen atoms in total. The van der Waals surface area contributed by atoms with E-state index in [1.165, 1.54) is 25.0 Å². The van der Waals surface area contributed by atoms with Gasteiger partial charge in [0.25, 0.3) is 0 Å². The molecule has 1 saturated heterocycles. The minimum Gasteiger partial charge on any atom is -0.463 e. The molecule has 8 bridgehead atoms. The molecular weight excluding hydrogens is 608 g/mol.